The van der Waals surface area contributed by atoms with Gasteiger partial charge in [-0.25, -0.2) is 87.8 Å². The number of halogens is 33. The Kier molecular flexibility index (Phi) is 39.3. The molecule has 15 aromatic rings. The largest absolute Gasteiger partial charge is 3.00 e. The van der Waals surface area contributed by atoms with Crippen LogP contribution in [-0.4, -0.2) is 40.2 Å². The molecular formula is C84H36Al2BrF32OP. The molecule has 15 rings (SSSR count). The van der Waals surface area contributed by atoms with Gasteiger partial charge in [-0.3, -0.25) is 52.7 Å². The maximum Gasteiger partial charge on any atom is 3.00 e. The number of benzene rings is 15. The Bertz CT molecular complexity index is 5170. The first-order chi connectivity index (χ1) is 55.8. The summed E-state index contributed by atoms with van der Waals surface area (Å²) in [5.41, 5.74) is 0. The molecular weight excluding hydrogens is 1800 g/mol. The number of fused-ring (bicyclic) bond motifs is 3. The van der Waals surface area contributed by atoms with Crippen LogP contribution in [0.4, 0.5) is 140 Å². The minimum absolute atomic E-state index is 0. The van der Waals surface area contributed by atoms with Crippen molar-refractivity contribution < 1.29 is 146 Å². The second-order valence-electron chi connectivity index (χ2n) is 22.4. The van der Waals surface area contributed by atoms with Gasteiger partial charge in [0.15, 0.2) is 0 Å². The minimum atomic E-state index is -2.38. The zero-order valence-electron chi connectivity index (χ0n) is 59.2. The molecule has 0 amide bonds. The number of rotatable bonds is 4. The van der Waals surface area contributed by atoms with E-state index in [2.05, 4.69) is 168 Å². The first kappa shape index (κ1) is 102. The molecule has 0 aliphatic heterocycles. The summed E-state index contributed by atoms with van der Waals surface area (Å²) in [5.74, 6) is -60.6. The summed E-state index contributed by atoms with van der Waals surface area (Å²) in [6.45, 7) is 0. The molecule has 0 spiro atoms. The first-order valence-electron chi connectivity index (χ1n) is 31.7. The quantitative estimate of drug-likeness (QED) is 0.0431. The van der Waals surface area contributed by atoms with Crippen LogP contribution in [0.1, 0.15) is 0 Å². The molecule has 0 heterocycles. The molecule has 0 unspecified atom stereocenters. The van der Waals surface area contributed by atoms with E-state index in [0.717, 1.165) is 40.9 Å². The Balaban J connectivity index is 0.000000311. The Morgan fingerprint density at radius 3 is 0.521 bits per heavy atom. The summed E-state index contributed by atoms with van der Waals surface area (Å²) in [7, 11) is -2.38. The van der Waals surface area contributed by atoms with Crippen LogP contribution in [0.5, 0.6) is 0 Å². The van der Waals surface area contributed by atoms with Gasteiger partial charge in [-0.15, -0.1) is 36.4 Å². The van der Waals surface area contributed by atoms with Gasteiger partial charge in [-0.1, -0.05) is 162 Å². The fourth-order valence-electron chi connectivity index (χ4n) is 9.77. The average Bonchev–Trinajstić information content (AvgIpc) is 0.704. The number of hydrogen-bond acceptors (Lipinski definition) is 1. The minimum Gasteiger partial charge on any atom is -0.870 e. The maximum absolute atomic E-state index is 12.0. The predicted octanol–water partition coefficient (Wildman–Crippen LogP) is 24.3. The van der Waals surface area contributed by atoms with Crippen molar-refractivity contribution in [1.82, 2.24) is 0 Å². The first-order valence-corrected chi connectivity index (χ1v) is 34.3. The normalized spacial score (nSPS) is 10.3. The van der Waals surface area contributed by atoms with Crippen molar-refractivity contribution in [2.24, 2.45) is 0 Å². The topological polar surface area (TPSA) is 30.0 Å². The van der Waals surface area contributed by atoms with Crippen molar-refractivity contribution in [3.63, 3.8) is 0 Å². The van der Waals surface area contributed by atoms with E-state index < -0.39 is 182 Å². The molecule has 15 aromatic carbocycles. The van der Waals surface area contributed by atoms with Crippen molar-refractivity contribution >= 4 is 111 Å². The summed E-state index contributed by atoms with van der Waals surface area (Å²) >= 11 is 3.71. The van der Waals surface area contributed by atoms with E-state index in [0.29, 0.717) is 0 Å². The summed E-state index contributed by atoms with van der Waals surface area (Å²) in [5, 5.41) is 13.3. The molecule has 1 N–H and O–H groups in total. The Labute approximate surface area is 693 Å². The van der Waals surface area contributed by atoms with Crippen LogP contribution in [0.3, 0.4) is 0 Å². The third-order valence-electron chi connectivity index (χ3n) is 15.0. The van der Waals surface area contributed by atoms with E-state index in [1.165, 1.54) is 77.8 Å². The van der Waals surface area contributed by atoms with Crippen LogP contribution in [-0.2, 0) is 0 Å². The Morgan fingerprint density at radius 2 is 0.347 bits per heavy atom. The van der Waals surface area contributed by atoms with Crippen molar-refractivity contribution in [1.29, 1.82) is 0 Å². The number of hydrogen-bond donors (Lipinski definition) is 0. The Hall–Kier alpha value is -11.2. The van der Waals surface area contributed by atoms with Crippen molar-refractivity contribution in [2.45, 2.75) is 0 Å². The van der Waals surface area contributed by atoms with Gasteiger partial charge in [-0.2, -0.15) is 0 Å². The molecule has 0 radical (unpaired) electrons. The van der Waals surface area contributed by atoms with Gasteiger partial charge in [0.05, 0.1) is 175 Å². The SMILES string of the molecule is Brc1ccc([P+](c2cccc3ccccc23)(c2cccc3ccccc23)c2cccc3ccccc23)cc1.Fc1[c-]c(F)c(F)c(F)c1F.Fc1[c-]c(F)c(F)c(F)c1F.Fc1[c-]c(F)c(F)c(F)c1F.Fc1[c-]c(F)c(F)c(F)c1F.Fc1[c-]c(F)c(F)c(F)c1F.Fc1[c-]c(F)c(F)c(F)c1F.Fc1ccccc1.Fc1ccccc1.[Al+3].[Al+3].[OH-]. The second kappa shape index (κ2) is 46.5. The average molecular weight is 1830 g/mol. The third kappa shape index (κ3) is 25.2. The van der Waals surface area contributed by atoms with Gasteiger partial charge < -0.3 is 5.48 Å². The monoisotopic (exact) mass is 1830 g/mol. The van der Waals surface area contributed by atoms with E-state index in [9.17, 15) is 140 Å². The smallest absolute Gasteiger partial charge is 0.870 e. The van der Waals surface area contributed by atoms with Gasteiger partial charge in [-0.05, 0) is 82.9 Å². The molecule has 0 aliphatic rings. The molecule has 0 aliphatic carbocycles. The summed E-state index contributed by atoms with van der Waals surface area (Å²) in [6, 6.07) is 78.2. The molecule has 0 atom stereocenters. The summed E-state index contributed by atoms with van der Waals surface area (Å²) in [4.78, 5) is 0. The Morgan fingerprint density at radius 1 is 0.182 bits per heavy atom. The van der Waals surface area contributed by atoms with Crippen LogP contribution in [0.15, 0.2) is 217 Å². The molecule has 0 saturated carbocycles. The molecule has 0 aromatic heterocycles. The molecule has 121 heavy (non-hydrogen) atoms. The molecule has 37 heteroatoms. The maximum atomic E-state index is 12.0. The zero-order valence-corrected chi connectivity index (χ0v) is 64.0. The molecule has 0 fully saturated rings. The van der Waals surface area contributed by atoms with Crippen LogP contribution in [0.2, 0.25) is 0 Å². The van der Waals surface area contributed by atoms with E-state index in [1.807, 2.05) is 0 Å². The van der Waals surface area contributed by atoms with E-state index in [1.54, 1.807) is 36.4 Å². The predicted molar refractivity (Wildman–Crippen MR) is 388 cm³/mol. The van der Waals surface area contributed by atoms with E-state index >= 15 is 0 Å². The third-order valence-corrected chi connectivity index (χ3v) is 19.9. The van der Waals surface area contributed by atoms with Gasteiger partial charge in [0.25, 0.3) is 0 Å². The molecule has 620 valence electrons. The standard InChI is InChI=1S/C36H25BrP.6C6F5.2C6H5F.2Al.H2O/c37-29-22-24-30(25-23-29)38(34-19-7-13-26-10-1-4-16-31(26)34,35-20-8-14-27-11-2-5-17-32(27)35)36-21-9-15-28-12-3-6-18-33(28)36;6*7-2-1-3(8)5(10)6(11)4(2)9;2*7-6-4-2-1-3-5-6;;;/h1-25H;;;;;;;2*1-5H;;;1H2/q+1;6*-1;;;2*+3;/p-1. The second-order valence-corrected chi connectivity index (χ2v) is 26.6. The summed E-state index contributed by atoms with van der Waals surface area (Å²) < 4.78 is 384. The van der Waals surface area contributed by atoms with Crippen molar-refractivity contribution in [2.75, 3.05) is 0 Å². The summed E-state index contributed by atoms with van der Waals surface area (Å²) in [6.07, 6.45) is 0. The fraction of sp³-hybridized carbons (Fsp3) is 0. The molecule has 0 bridgehead atoms. The van der Waals surface area contributed by atoms with Crippen molar-refractivity contribution in [3.8, 4) is 0 Å². The van der Waals surface area contributed by atoms with E-state index in [4.69, 9.17) is 0 Å². The van der Waals surface area contributed by atoms with Crippen molar-refractivity contribution in [3.05, 3.63) is 439 Å². The zero-order chi connectivity index (χ0) is 87.3. The fourth-order valence-corrected chi connectivity index (χ4v) is 14.9. The van der Waals surface area contributed by atoms with Crippen LogP contribution >= 0.6 is 23.2 Å². The molecule has 1 nitrogen and oxygen atoms in total. The van der Waals surface area contributed by atoms with Crippen LogP contribution < -0.4 is 21.2 Å². The van der Waals surface area contributed by atoms with Gasteiger partial charge in [0.1, 0.15) is 40.1 Å². The van der Waals surface area contributed by atoms with Crippen LogP contribution in [0.25, 0.3) is 32.3 Å². The van der Waals surface area contributed by atoms with Crippen LogP contribution in [0, 0.1) is 223 Å². The van der Waals surface area contributed by atoms with Gasteiger partial charge in [0, 0.05) is 20.6 Å². The van der Waals surface area contributed by atoms with Gasteiger partial charge >= 0.3 is 34.7 Å². The molecule has 0 saturated heterocycles. The van der Waals surface area contributed by atoms with E-state index in [-0.39, 0.29) is 51.8 Å². The van der Waals surface area contributed by atoms with Gasteiger partial charge in [0.2, 0.25) is 0 Å².